The van der Waals surface area contributed by atoms with E-state index in [2.05, 4.69) is 15.5 Å². The van der Waals surface area contributed by atoms with Crippen LogP contribution in [0.15, 0.2) is 23.5 Å². The number of aromatic nitrogens is 1. The van der Waals surface area contributed by atoms with Gasteiger partial charge in [-0.3, -0.25) is 4.98 Å². The summed E-state index contributed by atoms with van der Waals surface area (Å²) in [6.07, 6.45) is 6.13. The van der Waals surface area contributed by atoms with Crippen molar-refractivity contribution in [3.8, 4) is 0 Å². The molecule has 1 saturated carbocycles. The fraction of sp³-hybridized carbons (Fsp3) is 0.571. The Morgan fingerprint density at radius 3 is 3.00 bits per heavy atom. The van der Waals surface area contributed by atoms with Crippen LogP contribution in [0.4, 0.5) is 0 Å². The molecule has 0 aromatic carbocycles. The van der Waals surface area contributed by atoms with Gasteiger partial charge in [0.05, 0.1) is 0 Å². The van der Waals surface area contributed by atoms with Crippen molar-refractivity contribution in [1.82, 2.24) is 10.3 Å². The third-order valence-corrected chi connectivity index (χ3v) is 3.94. The van der Waals surface area contributed by atoms with E-state index in [1.807, 2.05) is 12.1 Å². The summed E-state index contributed by atoms with van der Waals surface area (Å²) in [5.41, 5.74) is 7.02. The van der Waals surface area contributed by atoms with Gasteiger partial charge in [0.15, 0.2) is 5.84 Å². The van der Waals surface area contributed by atoms with Gasteiger partial charge in [-0.05, 0) is 30.4 Å². The molecule has 6 heteroatoms. The fourth-order valence-corrected chi connectivity index (χ4v) is 2.80. The first-order valence-electron chi connectivity index (χ1n) is 7.02. The molecular weight excluding hydrogens is 256 g/mol. The van der Waals surface area contributed by atoms with E-state index < -0.39 is 0 Å². The molecule has 0 amide bonds. The van der Waals surface area contributed by atoms with E-state index in [-0.39, 0.29) is 12.4 Å². The smallest absolute Gasteiger partial charge is 0.189 e. The van der Waals surface area contributed by atoms with Crippen LogP contribution in [0.5, 0.6) is 0 Å². The van der Waals surface area contributed by atoms with Crippen molar-refractivity contribution in [2.75, 3.05) is 6.61 Å². The Kier molecular flexibility index (Phi) is 5.31. The normalized spacial score (nSPS) is 23.8. The number of nitrogens with two attached hydrogens (primary N) is 1. The molecule has 2 unspecified atom stereocenters. The topological polar surface area (TPSA) is 104 Å². The third kappa shape index (κ3) is 3.46. The van der Waals surface area contributed by atoms with Crippen molar-refractivity contribution >= 4 is 5.84 Å². The molecule has 1 aliphatic rings. The van der Waals surface area contributed by atoms with Gasteiger partial charge < -0.3 is 21.4 Å². The lowest BCUT2D eigenvalue weighted by Gasteiger charge is -2.31. The number of oxime groups is 1. The minimum atomic E-state index is 0.0183. The second kappa shape index (κ2) is 7.21. The van der Waals surface area contributed by atoms with E-state index in [4.69, 9.17) is 10.9 Å². The van der Waals surface area contributed by atoms with Crippen LogP contribution < -0.4 is 11.1 Å². The van der Waals surface area contributed by atoms with Gasteiger partial charge in [-0.2, -0.15) is 0 Å². The molecule has 0 spiro atoms. The van der Waals surface area contributed by atoms with E-state index in [0.717, 1.165) is 18.4 Å². The van der Waals surface area contributed by atoms with Crippen LogP contribution in [0, 0.1) is 5.92 Å². The van der Waals surface area contributed by atoms with Crippen LogP contribution in [0.2, 0.25) is 0 Å². The first kappa shape index (κ1) is 14.7. The summed E-state index contributed by atoms with van der Waals surface area (Å²) < 4.78 is 0. The Balaban J connectivity index is 2.03. The predicted molar refractivity (Wildman–Crippen MR) is 76.4 cm³/mol. The molecule has 1 aromatic heterocycles. The van der Waals surface area contributed by atoms with Crippen molar-refractivity contribution in [1.29, 1.82) is 0 Å². The molecule has 6 nitrogen and oxygen atoms in total. The monoisotopic (exact) mass is 278 g/mol. The van der Waals surface area contributed by atoms with E-state index >= 15 is 0 Å². The quantitative estimate of drug-likeness (QED) is 0.276. The van der Waals surface area contributed by atoms with E-state index in [1.165, 1.54) is 12.8 Å². The van der Waals surface area contributed by atoms with Crippen LogP contribution in [-0.4, -0.2) is 33.8 Å². The number of amidine groups is 1. The van der Waals surface area contributed by atoms with Crippen molar-refractivity contribution in [3.63, 3.8) is 0 Å². The van der Waals surface area contributed by atoms with Crippen LogP contribution in [0.25, 0.3) is 0 Å². The third-order valence-electron chi connectivity index (χ3n) is 3.94. The number of hydrogen-bond acceptors (Lipinski definition) is 5. The Labute approximate surface area is 118 Å². The van der Waals surface area contributed by atoms with Crippen LogP contribution in [-0.2, 0) is 6.54 Å². The highest BCUT2D eigenvalue weighted by molar-refractivity contribution is 5.96. The summed E-state index contributed by atoms with van der Waals surface area (Å²) in [5.74, 6) is 0.331. The van der Waals surface area contributed by atoms with Gasteiger partial charge in [0.25, 0.3) is 0 Å². The summed E-state index contributed by atoms with van der Waals surface area (Å²) >= 11 is 0. The molecule has 0 saturated heterocycles. The molecule has 0 bridgehead atoms. The maximum Gasteiger partial charge on any atom is 0.189 e. The molecule has 5 N–H and O–H groups in total. The molecular formula is C14H22N4O2. The van der Waals surface area contributed by atoms with Gasteiger partial charge in [-0.1, -0.05) is 24.1 Å². The van der Waals surface area contributed by atoms with Crippen molar-refractivity contribution in [2.24, 2.45) is 16.8 Å². The predicted octanol–water partition coefficient (Wildman–Crippen LogP) is 0.817. The number of hydrogen-bond donors (Lipinski definition) is 4. The SMILES string of the molecule is N/C(=N/O)c1ncccc1CNC1CCCCC1CO. The molecule has 2 rings (SSSR count). The zero-order valence-corrected chi connectivity index (χ0v) is 11.5. The number of aliphatic hydroxyl groups excluding tert-OH is 1. The van der Waals surface area contributed by atoms with Gasteiger partial charge in [-0.25, -0.2) is 0 Å². The maximum absolute atomic E-state index is 9.41. The van der Waals surface area contributed by atoms with Gasteiger partial charge in [0.2, 0.25) is 0 Å². The summed E-state index contributed by atoms with van der Waals surface area (Å²) in [6.45, 7) is 0.818. The number of nitrogens with one attached hydrogen (secondary N) is 1. The average molecular weight is 278 g/mol. The average Bonchev–Trinajstić information content (AvgIpc) is 2.52. The van der Waals surface area contributed by atoms with E-state index in [1.54, 1.807) is 6.20 Å². The number of aliphatic hydroxyl groups is 1. The first-order valence-corrected chi connectivity index (χ1v) is 7.02. The van der Waals surface area contributed by atoms with Gasteiger partial charge in [0.1, 0.15) is 5.69 Å². The highest BCUT2D eigenvalue weighted by Crippen LogP contribution is 2.24. The summed E-state index contributed by atoms with van der Waals surface area (Å²) in [4.78, 5) is 4.15. The van der Waals surface area contributed by atoms with Gasteiger partial charge in [-0.15, -0.1) is 0 Å². The summed E-state index contributed by atoms with van der Waals surface area (Å²) in [6, 6.07) is 4.05. The minimum Gasteiger partial charge on any atom is -0.409 e. The number of rotatable bonds is 5. The van der Waals surface area contributed by atoms with Crippen molar-refractivity contribution in [3.05, 3.63) is 29.6 Å². The Morgan fingerprint density at radius 2 is 2.25 bits per heavy atom. The van der Waals surface area contributed by atoms with Crippen LogP contribution in [0.1, 0.15) is 36.9 Å². The van der Waals surface area contributed by atoms with E-state index in [0.29, 0.717) is 24.2 Å². The van der Waals surface area contributed by atoms with Crippen molar-refractivity contribution < 1.29 is 10.3 Å². The molecule has 2 atom stereocenters. The van der Waals surface area contributed by atoms with Crippen molar-refractivity contribution in [2.45, 2.75) is 38.3 Å². The molecule has 0 aliphatic heterocycles. The van der Waals surface area contributed by atoms with Crippen LogP contribution in [0.3, 0.4) is 0 Å². The van der Waals surface area contributed by atoms with Crippen LogP contribution >= 0.6 is 0 Å². The first-order chi connectivity index (χ1) is 9.76. The fourth-order valence-electron chi connectivity index (χ4n) is 2.80. The summed E-state index contributed by atoms with van der Waals surface area (Å²) in [7, 11) is 0. The molecule has 1 fully saturated rings. The largest absolute Gasteiger partial charge is 0.409 e. The lowest BCUT2D eigenvalue weighted by Crippen LogP contribution is -2.40. The molecule has 0 radical (unpaired) electrons. The lowest BCUT2D eigenvalue weighted by molar-refractivity contribution is 0.152. The van der Waals surface area contributed by atoms with Gasteiger partial charge >= 0.3 is 0 Å². The highest BCUT2D eigenvalue weighted by atomic mass is 16.4. The minimum absolute atomic E-state index is 0.0183. The molecule has 110 valence electrons. The maximum atomic E-state index is 9.41. The second-order valence-electron chi connectivity index (χ2n) is 5.21. The molecule has 1 aromatic rings. The lowest BCUT2D eigenvalue weighted by atomic mass is 9.85. The Morgan fingerprint density at radius 1 is 1.45 bits per heavy atom. The standard InChI is InChI=1S/C14H22N4O2/c15-14(18-20)13-10(5-3-7-16-13)8-17-12-6-2-1-4-11(12)9-19/h3,5,7,11-12,17,19-20H,1-2,4,6,8-9H2,(H2,15,18). The number of pyridine rings is 1. The number of nitrogens with zero attached hydrogens (tertiary/aromatic N) is 2. The molecule has 1 aliphatic carbocycles. The van der Waals surface area contributed by atoms with E-state index in [9.17, 15) is 5.11 Å². The second-order valence-corrected chi connectivity index (χ2v) is 5.21. The molecule has 20 heavy (non-hydrogen) atoms. The zero-order valence-electron chi connectivity index (χ0n) is 11.5. The van der Waals surface area contributed by atoms with Gasteiger partial charge in [0, 0.05) is 25.4 Å². The Hall–Kier alpha value is -1.66. The summed E-state index contributed by atoms with van der Waals surface area (Å²) in [5, 5.41) is 24.7. The molecule has 1 heterocycles. The Bertz CT molecular complexity index is 464. The zero-order chi connectivity index (χ0) is 14.4. The highest BCUT2D eigenvalue weighted by Gasteiger charge is 2.24.